The molecule has 0 radical (unpaired) electrons. The first kappa shape index (κ1) is 56.6. The number of nitrogens with one attached hydrogen (secondary N) is 1. The lowest BCUT2D eigenvalue weighted by Crippen LogP contribution is -2.45. The van der Waals surface area contributed by atoms with E-state index >= 15 is 0 Å². The number of allylic oxidation sites excluding steroid dienone is 2. The zero-order valence-electron chi connectivity index (χ0n) is 39.0. The van der Waals surface area contributed by atoms with Gasteiger partial charge in [0.15, 0.2) is 0 Å². The Hall–Kier alpha value is -1.40. The van der Waals surface area contributed by atoms with Gasteiger partial charge in [-0.2, -0.15) is 0 Å². The summed E-state index contributed by atoms with van der Waals surface area (Å²) in [4.78, 5) is 24.5. The molecule has 0 aromatic heterocycles. The highest BCUT2D eigenvalue weighted by Crippen LogP contribution is 2.17. The summed E-state index contributed by atoms with van der Waals surface area (Å²) in [5, 5.41) is 23.1. The predicted molar refractivity (Wildman–Crippen MR) is 250 cm³/mol. The molecule has 0 bridgehead atoms. The summed E-state index contributed by atoms with van der Waals surface area (Å²) in [7, 11) is 0. The van der Waals surface area contributed by atoms with Crippen molar-refractivity contribution >= 4 is 11.9 Å². The molecular formula is C52H101NO5. The number of amides is 1. The third-order valence-corrected chi connectivity index (χ3v) is 12.1. The van der Waals surface area contributed by atoms with E-state index in [1.165, 1.54) is 180 Å². The molecule has 6 heteroatoms. The predicted octanol–water partition coefficient (Wildman–Crippen LogP) is 15.3. The molecule has 3 N–H and O–H groups in total. The smallest absolute Gasteiger partial charge is 0.305 e. The van der Waals surface area contributed by atoms with Crippen molar-refractivity contribution in [2.45, 2.75) is 296 Å². The highest BCUT2D eigenvalue weighted by Gasteiger charge is 2.20. The SMILES string of the molecule is CCCCCCCCCCCCCCCCCCCCCC(=O)OCCCCCC/C=C\CCCC(=O)NC(CO)C(O)CCCCCCCCCCCCCCC. The molecule has 2 atom stereocenters. The van der Waals surface area contributed by atoms with Crippen LogP contribution in [0.5, 0.6) is 0 Å². The van der Waals surface area contributed by atoms with E-state index in [0.717, 1.165) is 70.6 Å². The van der Waals surface area contributed by atoms with Crippen LogP contribution < -0.4 is 5.32 Å². The fraction of sp³-hybridized carbons (Fsp3) is 0.923. The van der Waals surface area contributed by atoms with Crippen LogP contribution in [-0.2, 0) is 14.3 Å². The Morgan fingerprint density at radius 1 is 0.466 bits per heavy atom. The first-order valence-electron chi connectivity index (χ1n) is 25.9. The second kappa shape index (κ2) is 48.3. The van der Waals surface area contributed by atoms with E-state index in [1.807, 2.05) is 0 Å². The van der Waals surface area contributed by atoms with Gasteiger partial charge in [-0.05, 0) is 44.9 Å². The normalized spacial score (nSPS) is 12.7. The Labute approximate surface area is 361 Å². The van der Waals surface area contributed by atoms with Crippen LogP contribution in [0.1, 0.15) is 284 Å². The van der Waals surface area contributed by atoms with Crippen molar-refractivity contribution in [1.29, 1.82) is 0 Å². The van der Waals surface area contributed by atoms with Crippen LogP contribution in [0.2, 0.25) is 0 Å². The molecule has 0 aliphatic rings. The zero-order valence-corrected chi connectivity index (χ0v) is 39.0. The Morgan fingerprint density at radius 3 is 1.26 bits per heavy atom. The number of hydrogen-bond acceptors (Lipinski definition) is 5. The third kappa shape index (κ3) is 44.2. The topological polar surface area (TPSA) is 95.9 Å². The highest BCUT2D eigenvalue weighted by atomic mass is 16.5. The molecule has 344 valence electrons. The summed E-state index contributed by atoms with van der Waals surface area (Å²) >= 11 is 0. The number of aliphatic hydroxyl groups excluding tert-OH is 2. The minimum absolute atomic E-state index is 0.0309. The molecule has 0 aromatic carbocycles. The van der Waals surface area contributed by atoms with E-state index in [2.05, 4.69) is 31.3 Å². The van der Waals surface area contributed by atoms with Crippen molar-refractivity contribution in [3.8, 4) is 0 Å². The van der Waals surface area contributed by atoms with Crippen molar-refractivity contribution in [3.63, 3.8) is 0 Å². The van der Waals surface area contributed by atoms with E-state index in [9.17, 15) is 19.8 Å². The van der Waals surface area contributed by atoms with Gasteiger partial charge in [0.1, 0.15) is 0 Å². The molecule has 0 saturated carbocycles. The first-order valence-corrected chi connectivity index (χ1v) is 25.9. The minimum atomic E-state index is -0.693. The van der Waals surface area contributed by atoms with Gasteiger partial charge in [-0.1, -0.05) is 238 Å². The Morgan fingerprint density at radius 2 is 0.828 bits per heavy atom. The number of carbonyl (C=O) groups is 2. The van der Waals surface area contributed by atoms with Crippen LogP contribution in [0.4, 0.5) is 0 Å². The summed E-state index contributed by atoms with van der Waals surface area (Å²) in [5.41, 5.74) is 0. The minimum Gasteiger partial charge on any atom is -0.466 e. The van der Waals surface area contributed by atoms with E-state index in [4.69, 9.17) is 4.74 Å². The summed E-state index contributed by atoms with van der Waals surface area (Å²) < 4.78 is 5.45. The second-order valence-corrected chi connectivity index (χ2v) is 17.9. The van der Waals surface area contributed by atoms with Gasteiger partial charge in [-0.3, -0.25) is 9.59 Å². The standard InChI is InChI=1S/C52H101NO5/c1-3-5-7-9-11-13-15-17-18-19-20-21-22-24-26-30-34-38-42-46-52(57)58-47-43-39-35-31-27-29-33-37-41-45-51(56)53-49(48-54)50(55)44-40-36-32-28-25-23-16-14-12-10-8-6-4-2/h29,33,49-50,54-55H,3-28,30-32,34-48H2,1-2H3,(H,53,56)/b33-29-. The van der Waals surface area contributed by atoms with Crippen LogP contribution in [0, 0.1) is 0 Å². The molecular weight excluding hydrogens is 719 g/mol. The van der Waals surface area contributed by atoms with E-state index < -0.39 is 12.1 Å². The lowest BCUT2D eigenvalue weighted by molar-refractivity contribution is -0.143. The molecule has 0 rings (SSSR count). The lowest BCUT2D eigenvalue weighted by atomic mass is 10.0. The van der Waals surface area contributed by atoms with Crippen LogP contribution in [0.15, 0.2) is 12.2 Å². The molecule has 0 heterocycles. The maximum atomic E-state index is 12.4. The van der Waals surface area contributed by atoms with Gasteiger partial charge in [-0.25, -0.2) is 0 Å². The molecule has 2 unspecified atom stereocenters. The zero-order chi connectivity index (χ0) is 42.3. The summed E-state index contributed by atoms with van der Waals surface area (Å²) in [6, 6.07) is -0.577. The van der Waals surface area contributed by atoms with Gasteiger partial charge in [0.25, 0.3) is 0 Å². The average Bonchev–Trinajstić information content (AvgIpc) is 3.22. The fourth-order valence-corrected chi connectivity index (χ4v) is 8.05. The average molecular weight is 820 g/mol. The van der Waals surface area contributed by atoms with Crippen molar-refractivity contribution in [3.05, 3.63) is 12.2 Å². The van der Waals surface area contributed by atoms with Gasteiger partial charge in [0, 0.05) is 12.8 Å². The van der Waals surface area contributed by atoms with Gasteiger partial charge < -0.3 is 20.3 Å². The highest BCUT2D eigenvalue weighted by molar-refractivity contribution is 5.76. The van der Waals surface area contributed by atoms with Gasteiger partial charge in [0.05, 0.1) is 25.4 Å². The number of rotatable bonds is 48. The summed E-state index contributed by atoms with van der Waals surface area (Å²) in [6.45, 7) is 4.87. The van der Waals surface area contributed by atoms with Gasteiger partial charge in [-0.15, -0.1) is 0 Å². The quantitative estimate of drug-likeness (QED) is 0.0323. The van der Waals surface area contributed by atoms with Crippen LogP contribution in [0.25, 0.3) is 0 Å². The molecule has 58 heavy (non-hydrogen) atoms. The Balaban J connectivity index is 3.49. The molecule has 0 fully saturated rings. The molecule has 0 saturated heterocycles. The second-order valence-electron chi connectivity index (χ2n) is 17.9. The first-order chi connectivity index (χ1) is 28.5. The van der Waals surface area contributed by atoms with E-state index in [-0.39, 0.29) is 18.5 Å². The maximum Gasteiger partial charge on any atom is 0.305 e. The number of esters is 1. The van der Waals surface area contributed by atoms with Gasteiger partial charge >= 0.3 is 5.97 Å². The lowest BCUT2D eigenvalue weighted by Gasteiger charge is -2.22. The summed E-state index contributed by atoms with van der Waals surface area (Å²) in [6.07, 6.45) is 54.8. The molecule has 0 aromatic rings. The van der Waals surface area contributed by atoms with Gasteiger partial charge in [0.2, 0.25) is 5.91 Å². The molecule has 0 aliphatic heterocycles. The number of aliphatic hydroxyl groups is 2. The third-order valence-electron chi connectivity index (χ3n) is 12.1. The van der Waals surface area contributed by atoms with Crippen LogP contribution in [-0.4, -0.2) is 47.4 Å². The maximum absolute atomic E-state index is 12.4. The summed E-state index contributed by atoms with van der Waals surface area (Å²) in [5.74, 6) is -0.125. The molecule has 0 spiro atoms. The molecule has 0 aliphatic carbocycles. The Kier molecular flexibility index (Phi) is 47.1. The molecule has 1 amide bonds. The Bertz CT molecular complexity index is 863. The molecule has 6 nitrogen and oxygen atoms in total. The fourth-order valence-electron chi connectivity index (χ4n) is 8.05. The van der Waals surface area contributed by atoms with E-state index in [1.54, 1.807) is 0 Å². The number of ether oxygens (including phenoxy) is 1. The van der Waals surface area contributed by atoms with Crippen molar-refractivity contribution in [1.82, 2.24) is 5.32 Å². The van der Waals surface area contributed by atoms with E-state index in [0.29, 0.717) is 25.9 Å². The van der Waals surface area contributed by atoms with Crippen molar-refractivity contribution < 1.29 is 24.5 Å². The van der Waals surface area contributed by atoms with Crippen molar-refractivity contribution in [2.24, 2.45) is 0 Å². The monoisotopic (exact) mass is 820 g/mol. The van der Waals surface area contributed by atoms with Crippen LogP contribution in [0.3, 0.4) is 0 Å². The number of unbranched alkanes of at least 4 members (excludes halogenated alkanes) is 35. The van der Waals surface area contributed by atoms with Crippen LogP contribution >= 0.6 is 0 Å². The number of carbonyl (C=O) groups excluding carboxylic acids is 2. The number of hydrogen-bond donors (Lipinski definition) is 3. The van der Waals surface area contributed by atoms with Crippen molar-refractivity contribution in [2.75, 3.05) is 13.2 Å². The largest absolute Gasteiger partial charge is 0.466 e.